The minimum Gasteiger partial charge on any atom is -0.487 e. The summed E-state index contributed by atoms with van der Waals surface area (Å²) >= 11 is 0. The highest BCUT2D eigenvalue weighted by Gasteiger charge is 2.23. The molecule has 11 heteroatoms. The number of ether oxygens (including phenoxy) is 9. The molecule has 0 saturated carbocycles. The van der Waals surface area contributed by atoms with Crippen LogP contribution in [-0.2, 0) is 28.4 Å². The molecule has 0 saturated heterocycles. The van der Waals surface area contributed by atoms with Gasteiger partial charge >= 0.3 is 0 Å². The highest BCUT2D eigenvalue weighted by Crippen LogP contribution is 2.41. The lowest BCUT2D eigenvalue weighted by Gasteiger charge is -2.20. The molecule has 0 spiro atoms. The van der Waals surface area contributed by atoms with Gasteiger partial charge < -0.3 is 47.9 Å². The second-order valence-electron chi connectivity index (χ2n) is 10.9. The summed E-state index contributed by atoms with van der Waals surface area (Å²) in [5, 5.41) is 5.21. The molecular formula is C40H47NO10. The fraction of sp³-hybridized carbons (Fsp3) is 0.375. The number of amides is 1. The Kier molecular flexibility index (Phi) is 17.6. The third-order valence-electron chi connectivity index (χ3n) is 7.32. The van der Waals surface area contributed by atoms with E-state index in [1.165, 1.54) is 0 Å². The number of methoxy groups -OCH3 is 3. The second kappa shape index (κ2) is 22.9. The summed E-state index contributed by atoms with van der Waals surface area (Å²) in [5.41, 5.74) is 2.61. The minimum absolute atomic E-state index is 0.151. The van der Waals surface area contributed by atoms with Gasteiger partial charge in [-0.05, 0) is 53.2 Å². The molecule has 1 N–H and O–H groups in total. The van der Waals surface area contributed by atoms with Gasteiger partial charge in [0.1, 0.15) is 19.8 Å². The summed E-state index contributed by atoms with van der Waals surface area (Å²) in [6.45, 7) is 4.11. The smallest absolute Gasteiger partial charge is 0.259 e. The summed E-state index contributed by atoms with van der Waals surface area (Å²) in [4.78, 5) is 13.8. The lowest BCUT2D eigenvalue weighted by molar-refractivity contribution is 0.0467. The Labute approximate surface area is 300 Å². The van der Waals surface area contributed by atoms with Crippen LogP contribution in [0, 0.1) is 11.8 Å². The first-order valence-corrected chi connectivity index (χ1v) is 16.8. The maximum atomic E-state index is 13.8. The topological polar surface area (TPSA) is 112 Å². The zero-order valence-electron chi connectivity index (χ0n) is 29.6. The van der Waals surface area contributed by atoms with Crippen molar-refractivity contribution in [1.82, 2.24) is 0 Å². The monoisotopic (exact) mass is 701 g/mol. The molecule has 51 heavy (non-hydrogen) atoms. The van der Waals surface area contributed by atoms with E-state index in [2.05, 4.69) is 35.4 Å². The van der Waals surface area contributed by atoms with Gasteiger partial charge in [-0.1, -0.05) is 48.2 Å². The standard InChI is InChI=1S/C40H47NO10/c1-43-19-22-46-25-28-49-37-18-17-36(38(50-29-26-47-23-20-44-2)39(37)51-30-27-48-24-21-45-3)40(42)41-34-15-12-31(13-16-34)11-14-33-9-6-8-32-7-4-5-10-35(32)33/h4-10,12-13,15-18H,19-30H2,1-3H3,(H,41,42). The summed E-state index contributed by atoms with van der Waals surface area (Å²) < 4.78 is 50.2. The Balaban J connectivity index is 1.52. The number of fused-ring (bicyclic) bond motifs is 1. The average Bonchev–Trinajstić information content (AvgIpc) is 3.16. The Morgan fingerprint density at radius 3 is 1.76 bits per heavy atom. The molecule has 0 radical (unpaired) electrons. The Bertz CT molecular complexity index is 1680. The number of hydrogen-bond acceptors (Lipinski definition) is 10. The number of rotatable bonds is 23. The van der Waals surface area contributed by atoms with Gasteiger partial charge in [0.05, 0.1) is 65.0 Å². The van der Waals surface area contributed by atoms with Crippen molar-refractivity contribution in [3.63, 3.8) is 0 Å². The van der Waals surface area contributed by atoms with E-state index >= 15 is 0 Å². The Hall–Kier alpha value is -4.67. The van der Waals surface area contributed by atoms with E-state index in [1.54, 1.807) is 33.5 Å². The number of anilines is 1. The third-order valence-corrected chi connectivity index (χ3v) is 7.32. The van der Waals surface area contributed by atoms with Crippen LogP contribution < -0.4 is 19.5 Å². The van der Waals surface area contributed by atoms with E-state index in [-0.39, 0.29) is 50.1 Å². The van der Waals surface area contributed by atoms with E-state index in [1.807, 2.05) is 48.5 Å². The molecule has 0 fully saturated rings. The van der Waals surface area contributed by atoms with Crippen LogP contribution in [0.4, 0.5) is 5.69 Å². The van der Waals surface area contributed by atoms with Crippen molar-refractivity contribution < 1.29 is 47.4 Å². The van der Waals surface area contributed by atoms with Gasteiger partial charge in [-0.15, -0.1) is 0 Å². The predicted octanol–water partition coefficient (Wildman–Crippen LogP) is 5.62. The van der Waals surface area contributed by atoms with Gasteiger partial charge in [0, 0.05) is 38.1 Å². The molecule has 4 aromatic rings. The third kappa shape index (κ3) is 13.2. The molecule has 0 atom stereocenters. The maximum Gasteiger partial charge on any atom is 0.259 e. The van der Waals surface area contributed by atoms with Crippen LogP contribution in [0.5, 0.6) is 17.2 Å². The molecule has 0 bridgehead atoms. The summed E-state index contributed by atoms with van der Waals surface area (Å²) in [5.74, 6) is 6.99. The first kappa shape index (κ1) is 39.1. The van der Waals surface area contributed by atoms with Crippen LogP contribution >= 0.6 is 0 Å². The molecule has 0 aliphatic rings. The normalized spacial score (nSPS) is 10.8. The van der Waals surface area contributed by atoms with Gasteiger partial charge in [-0.2, -0.15) is 0 Å². The fourth-order valence-electron chi connectivity index (χ4n) is 4.78. The zero-order valence-corrected chi connectivity index (χ0v) is 29.6. The lowest BCUT2D eigenvalue weighted by atomic mass is 10.0. The molecular weight excluding hydrogens is 654 g/mol. The predicted molar refractivity (Wildman–Crippen MR) is 195 cm³/mol. The molecule has 1 amide bonds. The van der Waals surface area contributed by atoms with Gasteiger partial charge in [0.15, 0.2) is 11.5 Å². The van der Waals surface area contributed by atoms with Crippen LogP contribution in [0.1, 0.15) is 21.5 Å². The maximum absolute atomic E-state index is 13.8. The van der Waals surface area contributed by atoms with Crippen molar-refractivity contribution in [1.29, 1.82) is 0 Å². The summed E-state index contributed by atoms with van der Waals surface area (Å²) in [7, 11) is 4.83. The Morgan fingerprint density at radius 1 is 0.549 bits per heavy atom. The number of carbonyl (C=O) groups excluding carboxylic acids is 1. The van der Waals surface area contributed by atoms with E-state index < -0.39 is 5.91 Å². The van der Waals surface area contributed by atoms with Gasteiger partial charge in [0.25, 0.3) is 5.91 Å². The average molecular weight is 702 g/mol. The van der Waals surface area contributed by atoms with Crippen LogP contribution in [0.3, 0.4) is 0 Å². The molecule has 11 nitrogen and oxygen atoms in total. The highest BCUT2D eigenvalue weighted by molar-refractivity contribution is 6.07. The van der Waals surface area contributed by atoms with Gasteiger partial charge in [-0.3, -0.25) is 4.79 Å². The molecule has 4 aromatic carbocycles. The minimum atomic E-state index is -0.393. The van der Waals surface area contributed by atoms with Crippen LogP contribution in [-0.4, -0.2) is 107 Å². The van der Waals surface area contributed by atoms with E-state index in [0.29, 0.717) is 57.7 Å². The second-order valence-corrected chi connectivity index (χ2v) is 10.9. The summed E-state index contributed by atoms with van der Waals surface area (Å²) in [6, 6.07) is 24.9. The van der Waals surface area contributed by atoms with E-state index in [4.69, 9.17) is 42.6 Å². The highest BCUT2D eigenvalue weighted by atomic mass is 16.6. The van der Waals surface area contributed by atoms with E-state index in [0.717, 1.165) is 21.9 Å². The van der Waals surface area contributed by atoms with Crippen molar-refractivity contribution >= 4 is 22.4 Å². The largest absolute Gasteiger partial charge is 0.487 e. The molecule has 272 valence electrons. The molecule has 0 aromatic heterocycles. The molecule has 4 rings (SSSR count). The van der Waals surface area contributed by atoms with E-state index in [9.17, 15) is 4.79 Å². The fourth-order valence-corrected chi connectivity index (χ4v) is 4.78. The number of hydrogen-bond donors (Lipinski definition) is 1. The van der Waals surface area contributed by atoms with Gasteiger partial charge in [-0.25, -0.2) is 0 Å². The zero-order chi connectivity index (χ0) is 35.9. The van der Waals surface area contributed by atoms with Crippen molar-refractivity contribution in [3.8, 4) is 29.1 Å². The quantitative estimate of drug-likeness (QED) is 0.0773. The Morgan fingerprint density at radius 2 is 1.12 bits per heavy atom. The van der Waals surface area contributed by atoms with Crippen molar-refractivity contribution in [2.24, 2.45) is 0 Å². The number of benzene rings is 4. The number of carbonyl (C=O) groups is 1. The first-order valence-electron chi connectivity index (χ1n) is 16.8. The van der Waals surface area contributed by atoms with Crippen molar-refractivity contribution in [2.45, 2.75) is 0 Å². The molecule has 0 heterocycles. The SMILES string of the molecule is COCCOCCOc1ccc(C(=O)Nc2ccc(C#Cc3cccc4ccccc34)cc2)c(OCCOCCOC)c1OCCOCCOC. The van der Waals surface area contributed by atoms with Crippen LogP contribution in [0.2, 0.25) is 0 Å². The molecule has 0 unspecified atom stereocenters. The van der Waals surface area contributed by atoms with Crippen LogP contribution in [0.15, 0.2) is 78.9 Å². The van der Waals surface area contributed by atoms with Crippen molar-refractivity contribution in [2.75, 3.05) is 106 Å². The lowest BCUT2D eigenvalue weighted by Crippen LogP contribution is -2.18. The van der Waals surface area contributed by atoms with Gasteiger partial charge in [0.2, 0.25) is 5.75 Å². The number of nitrogens with one attached hydrogen (secondary N) is 1. The molecule has 0 aliphatic heterocycles. The first-order chi connectivity index (χ1) is 25.1. The summed E-state index contributed by atoms with van der Waals surface area (Å²) in [6.07, 6.45) is 0. The van der Waals surface area contributed by atoms with Crippen molar-refractivity contribution in [3.05, 3.63) is 95.6 Å². The van der Waals surface area contributed by atoms with Crippen LogP contribution in [0.25, 0.3) is 10.8 Å². The molecule has 0 aliphatic carbocycles.